The van der Waals surface area contributed by atoms with Crippen LogP contribution in [0.15, 0.2) is 35.3 Å². The van der Waals surface area contributed by atoms with E-state index in [1.807, 2.05) is 12.1 Å². The quantitative estimate of drug-likeness (QED) is 0.823. The third kappa shape index (κ3) is 2.56. The molecule has 0 radical (unpaired) electrons. The predicted octanol–water partition coefficient (Wildman–Crippen LogP) is 1.83. The van der Waals surface area contributed by atoms with E-state index in [4.69, 9.17) is 10.2 Å². The van der Waals surface area contributed by atoms with Gasteiger partial charge < -0.3 is 10.2 Å². The zero-order valence-electron chi connectivity index (χ0n) is 8.39. The average Bonchev–Trinajstić information content (AvgIpc) is 2.74. The van der Waals surface area contributed by atoms with Crippen LogP contribution in [0.1, 0.15) is 17.7 Å². The number of furan rings is 1. The number of nitrogens with zero attached hydrogens (tertiary/aromatic N) is 2. The average molecular weight is 203 g/mol. The van der Waals surface area contributed by atoms with Crippen molar-refractivity contribution in [2.45, 2.75) is 19.3 Å². The van der Waals surface area contributed by atoms with Gasteiger partial charge in [0.2, 0.25) is 0 Å². The van der Waals surface area contributed by atoms with Gasteiger partial charge in [-0.1, -0.05) is 0 Å². The number of nitrogen functional groups attached to an aromatic ring is 1. The highest BCUT2D eigenvalue weighted by molar-refractivity contribution is 5.36. The number of nitrogens with two attached hydrogens (primary N) is 1. The summed E-state index contributed by atoms with van der Waals surface area (Å²) in [6.45, 7) is 0. The third-order valence-corrected chi connectivity index (χ3v) is 2.27. The summed E-state index contributed by atoms with van der Waals surface area (Å²) in [6, 6.07) is 3.88. The Morgan fingerprint density at radius 1 is 1.33 bits per heavy atom. The van der Waals surface area contributed by atoms with Gasteiger partial charge in [0.15, 0.2) is 0 Å². The molecule has 2 heterocycles. The van der Waals surface area contributed by atoms with Crippen LogP contribution in [0.25, 0.3) is 0 Å². The second kappa shape index (κ2) is 4.59. The van der Waals surface area contributed by atoms with Gasteiger partial charge in [-0.15, -0.1) is 0 Å². The summed E-state index contributed by atoms with van der Waals surface area (Å²) in [4.78, 5) is 7.88. The molecule has 0 saturated carbocycles. The van der Waals surface area contributed by atoms with Crippen molar-refractivity contribution < 1.29 is 4.42 Å². The lowest BCUT2D eigenvalue weighted by Crippen LogP contribution is -1.99. The fraction of sp³-hybridized carbons (Fsp3) is 0.273. The highest BCUT2D eigenvalue weighted by Crippen LogP contribution is 2.11. The van der Waals surface area contributed by atoms with E-state index in [1.54, 1.807) is 12.5 Å². The summed E-state index contributed by atoms with van der Waals surface area (Å²) < 4.78 is 5.24. The first-order valence-electron chi connectivity index (χ1n) is 4.93. The summed E-state index contributed by atoms with van der Waals surface area (Å²) >= 11 is 0. The molecule has 0 fully saturated rings. The molecule has 0 aliphatic rings. The molecule has 2 aromatic heterocycles. The van der Waals surface area contributed by atoms with Gasteiger partial charge in [-0.3, -0.25) is 0 Å². The Bertz CT molecular complexity index is 412. The van der Waals surface area contributed by atoms with E-state index in [0.717, 1.165) is 30.6 Å². The summed E-state index contributed by atoms with van der Waals surface area (Å²) in [5.74, 6) is 1.58. The molecule has 0 aliphatic heterocycles. The van der Waals surface area contributed by atoms with Gasteiger partial charge in [-0.05, 0) is 25.0 Å². The Kier molecular flexibility index (Phi) is 2.97. The summed E-state index contributed by atoms with van der Waals surface area (Å²) in [5, 5.41) is 0. The van der Waals surface area contributed by atoms with Crippen molar-refractivity contribution in [2.24, 2.45) is 0 Å². The van der Waals surface area contributed by atoms with Crippen LogP contribution in [0.2, 0.25) is 0 Å². The summed E-state index contributed by atoms with van der Waals surface area (Å²) in [5.41, 5.74) is 6.71. The van der Waals surface area contributed by atoms with Crippen molar-refractivity contribution in [1.29, 1.82) is 0 Å². The lowest BCUT2D eigenvalue weighted by Gasteiger charge is -2.02. The normalized spacial score (nSPS) is 10.4. The van der Waals surface area contributed by atoms with Crippen LogP contribution >= 0.6 is 0 Å². The lowest BCUT2D eigenvalue weighted by atomic mass is 10.1. The van der Waals surface area contributed by atoms with Crippen molar-refractivity contribution in [1.82, 2.24) is 9.97 Å². The van der Waals surface area contributed by atoms with Crippen LogP contribution in [0, 0.1) is 0 Å². The van der Waals surface area contributed by atoms with Crippen molar-refractivity contribution in [2.75, 3.05) is 5.73 Å². The van der Waals surface area contributed by atoms with E-state index in [9.17, 15) is 0 Å². The minimum absolute atomic E-state index is 0.574. The maximum atomic E-state index is 5.71. The smallest absolute Gasteiger partial charge is 0.129 e. The highest BCUT2D eigenvalue weighted by atomic mass is 16.3. The standard InChI is InChI=1S/C11H13N3O/c12-11-9(7-13-8-14-11)3-1-4-10-5-2-6-15-10/h2,5-8H,1,3-4H2,(H2,12,13,14). The van der Waals surface area contributed by atoms with Crippen molar-refractivity contribution >= 4 is 5.82 Å². The van der Waals surface area contributed by atoms with Crippen LogP contribution < -0.4 is 5.73 Å². The molecule has 0 spiro atoms. The zero-order valence-corrected chi connectivity index (χ0v) is 8.39. The van der Waals surface area contributed by atoms with E-state index in [2.05, 4.69) is 9.97 Å². The largest absolute Gasteiger partial charge is 0.469 e. The maximum Gasteiger partial charge on any atom is 0.129 e. The van der Waals surface area contributed by atoms with Gasteiger partial charge in [0.05, 0.1) is 6.26 Å². The van der Waals surface area contributed by atoms with E-state index in [-0.39, 0.29) is 0 Å². The molecule has 0 aromatic carbocycles. The van der Waals surface area contributed by atoms with Gasteiger partial charge in [-0.25, -0.2) is 9.97 Å². The van der Waals surface area contributed by atoms with E-state index >= 15 is 0 Å². The van der Waals surface area contributed by atoms with Crippen molar-refractivity contribution in [3.8, 4) is 0 Å². The Balaban J connectivity index is 1.86. The topological polar surface area (TPSA) is 64.9 Å². The highest BCUT2D eigenvalue weighted by Gasteiger charge is 2.01. The number of hydrogen-bond acceptors (Lipinski definition) is 4. The molecule has 0 atom stereocenters. The number of aromatic nitrogens is 2. The molecule has 0 amide bonds. The molecule has 2 rings (SSSR count). The van der Waals surface area contributed by atoms with Crippen LogP contribution in [-0.2, 0) is 12.8 Å². The number of rotatable bonds is 4. The van der Waals surface area contributed by atoms with Crippen LogP contribution in [0.3, 0.4) is 0 Å². The fourth-order valence-corrected chi connectivity index (χ4v) is 1.47. The SMILES string of the molecule is Nc1ncncc1CCCc1ccco1. The predicted molar refractivity (Wildman–Crippen MR) is 57.2 cm³/mol. The van der Waals surface area contributed by atoms with Crippen molar-refractivity contribution in [3.63, 3.8) is 0 Å². The Morgan fingerprint density at radius 2 is 2.27 bits per heavy atom. The van der Waals surface area contributed by atoms with E-state index < -0.39 is 0 Å². The minimum Gasteiger partial charge on any atom is -0.469 e. The molecule has 15 heavy (non-hydrogen) atoms. The monoisotopic (exact) mass is 203 g/mol. The second-order valence-corrected chi connectivity index (χ2v) is 3.37. The summed E-state index contributed by atoms with van der Waals surface area (Å²) in [6.07, 6.45) is 7.71. The van der Waals surface area contributed by atoms with Crippen LogP contribution in [-0.4, -0.2) is 9.97 Å². The number of anilines is 1. The molecule has 2 aromatic rings. The molecule has 78 valence electrons. The molecular formula is C11H13N3O. The molecule has 2 N–H and O–H groups in total. The Morgan fingerprint density at radius 3 is 3.00 bits per heavy atom. The van der Waals surface area contributed by atoms with Crippen molar-refractivity contribution in [3.05, 3.63) is 42.2 Å². The molecule has 4 nitrogen and oxygen atoms in total. The molecule has 0 bridgehead atoms. The van der Waals surface area contributed by atoms with Crippen LogP contribution in [0.5, 0.6) is 0 Å². The lowest BCUT2D eigenvalue weighted by molar-refractivity contribution is 0.502. The second-order valence-electron chi connectivity index (χ2n) is 3.37. The van der Waals surface area contributed by atoms with E-state index in [1.165, 1.54) is 6.33 Å². The molecule has 0 aliphatic carbocycles. The van der Waals surface area contributed by atoms with Crippen LogP contribution in [0.4, 0.5) is 5.82 Å². The van der Waals surface area contributed by atoms with Gasteiger partial charge in [-0.2, -0.15) is 0 Å². The minimum atomic E-state index is 0.574. The molecular weight excluding hydrogens is 190 g/mol. The number of aryl methyl sites for hydroxylation is 2. The van der Waals surface area contributed by atoms with Gasteiger partial charge in [0.1, 0.15) is 17.9 Å². The zero-order chi connectivity index (χ0) is 10.5. The third-order valence-electron chi connectivity index (χ3n) is 2.27. The van der Waals surface area contributed by atoms with Gasteiger partial charge in [0.25, 0.3) is 0 Å². The Hall–Kier alpha value is -1.84. The molecule has 0 unspecified atom stereocenters. The van der Waals surface area contributed by atoms with Gasteiger partial charge >= 0.3 is 0 Å². The van der Waals surface area contributed by atoms with E-state index in [0.29, 0.717) is 5.82 Å². The first-order valence-corrected chi connectivity index (χ1v) is 4.93. The fourth-order valence-electron chi connectivity index (χ4n) is 1.47. The first-order chi connectivity index (χ1) is 7.36. The summed E-state index contributed by atoms with van der Waals surface area (Å²) in [7, 11) is 0. The number of hydrogen-bond donors (Lipinski definition) is 1. The maximum absolute atomic E-state index is 5.71. The first kappa shape index (κ1) is 9.71. The molecule has 0 saturated heterocycles. The Labute approximate surface area is 88.2 Å². The molecule has 4 heteroatoms. The van der Waals surface area contributed by atoms with Gasteiger partial charge in [0, 0.05) is 18.2 Å².